The summed E-state index contributed by atoms with van der Waals surface area (Å²) in [5.74, 6) is 1.63. The normalized spacial score (nSPS) is 24.8. The van der Waals surface area contributed by atoms with Gasteiger partial charge < -0.3 is 15.0 Å². The van der Waals surface area contributed by atoms with Crippen LogP contribution in [0.3, 0.4) is 0 Å². The summed E-state index contributed by atoms with van der Waals surface area (Å²) in [4.78, 5) is 15.1. The first-order chi connectivity index (χ1) is 11.2. The van der Waals surface area contributed by atoms with Gasteiger partial charge in [-0.25, -0.2) is 4.79 Å². The molecular weight excluding hydrogens is 288 g/mol. The molecule has 1 N–H and O–H groups in total. The monoisotopic (exact) mass is 314 g/mol. The van der Waals surface area contributed by atoms with Crippen LogP contribution < -0.4 is 10.1 Å². The van der Waals surface area contributed by atoms with Crippen LogP contribution in [0.1, 0.15) is 57.1 Å². The Hall–Kier alpha value is -1.71. The smallest absolute Gasteiger partial charge is 0.318 e. The highest BCUT2D eigenvalue weighted by Crippen LogP contribution is 2.40. The van der Waals surface area contributed by atoms with Crippen molar-refractivity contribution in [3.63, 3.8) is 0 Å². The van der Waals surface area contributed by atoms with Gasteiger partial charge in [0.1, 0.15) is 5.75 Å². The second kappa shape index (κ2) is 6.06. The number of nitrogens with one attached hydrogen (secondary N) is 1. The molecule has 1 aromatic rings. The molecule has 2 amide bonds. The molecule has 2 saturated carbocycles. The molecule has 1 heterocycles. The fourth-order valence-corrected chi connectivity index (χ4v) is 3.74. The molecule has 4 nitrogen and oxygen atoms in total. The Morgan fingerprint density at radius 3 is 2.74 bits per heavy atom. The lowest BCUT2D eigenvalue weighted by atomic mass is 10.0. The predicted molar refractivity (Wildman–Crippen MR) is 89.5 cm³/mol. The lowest BCUT2D eigenvalue weighted by molar-refractivity contribution is 0.163. The summed E-state index contributed by atoms with van der Waals surface area (Å²) in [5, 5.41) is 3.31. The highest BCUT2D eigenvalue weighted by Gasteiger charge is 2.42. The highest BCUT2D eigenvalue weighted by atomic mass is 16.5. The molecule has 4 heteroatoms. The number of hydrogen-bond acceptors (Lipinski definition) is 2. The van der Waals surface area contributed by atoms with Gasteiger partial charge >= 0.3 is 6.03 Å². The van der Waals surface area contributed by atoms with Gasteiger partial charge in [0.05, 0.1) is 12.6 Å². The third kappa shape index (κ3) is 3.17. The zero-order valence-electron chi connectivity index (χ0n) is 13.8. The molecular formula is C19H26N2O2. The molecule has 0 aromatic heterocycles. The van der Waals surface area contributed by atoms with Gasteiger partial charge in [0.25, 0.3) is 0 Å². The summed E-state index contributed by atoms with van der Waals surface area (Å²) in [7, 11) is 0. The number of fused-ring (bicyclic) bond motifs is 1. The summed E-state index contributed by atoms with van der Waals surface area (Å²) in [6, 6.07) is 9.13. The standard InChI is InChI=1S/C19H26N2O2/c1-13(14-8-9-14)21(15-10-11-15)19(22)20-17-6-4-12-23-18-7-3-2-5-16(17)18/h2-3,5,7,13-15,17H,4,6,8-12H2,1H3,(H,20,22)/t13-,17-/m0/s1. The molecule has 1 aromatic carbocycles. The van der Waals surface area contributed by atoms with Gasteiger partial charge in [-0.2, -0.15) is 0 Å². The van der Waals surface area contributed by atoms with Gasteiger partial charge in [-0.05, 0) is 57.4 Å². The van der Waals surface area contributed by atoms with Crippen molar-refractivity contribution in [2.24, 2.45) is 5.92 Å². The number of rotatable bonds is 4. The van der Waals surface area contributed by atoms with E-state index in [1.54, 1.807) is 0 Å². The molecule has 1 aliphatic heterocycles. The van der Waals surface area contributed by atoms with Crippen LogP contribution >= 0.6 is 0 Å². The minimum absolute atomic E-state index is 0.0638. The van der Waals surface area contributed by atoms with Crippen LogP contribution in [0.4, 0.5) is 4.79 Å². The Morgan fingerprint density at radius 2 is 2.00 bits per heavy atom. The second-order valence-corrected chi connectivity index (χ2v) is 7.25. The number of amides is 2. The van der Waals surface area contributed by atoms with Crippen LogP contribution in [0.2, 0.25) is 0 Å². The Balaban J connectivity index is 1.51. The van der Waals surface area contributed by atoms with Crippen molar-refractivity contribution in [2.45, 2.75) is 63.6 Å². The van der Waals surface area contributed by atoms with Gasteiger partial charge in [-0.1, -0.05) is 18.2 Å². The Kier molecular flexibility index (Phi) is 3.92. The van der Waals surface area contributed by atoms with E-state index in [1.807, 2.05) is 18.2 Å². The maximum absolute atomic E-state index is 13.0. The predicted octanol–water partition coefficient (Wildman–Crippen LogP) is 3.87. The van der Waals surface area contributed by atoms with Gasteiger partial charge in [0.2, 0.25) is 0 Å². The van der Waals surface area contributed by atoms with Crippen molar-refractivity contribution in [1.82, 2.24) is 10.2 Å². The zero-order chi connectivity index (χ0) is 15.8. The molecule has 2 fully saturated rings. The molecule has 4 rings (SSSR count). The fraction of sp³-hybridized carbons (Fsp3) is 0.632. The number of ether oxygens (including phenoxy) is 1. The summed E-state index contributed by atoms with van der Waals surface area (Å²) >= 11 is 0. The minimum Gasteiger partial charge on any atom is -0.493 e. The van der Waals surface area contributed by atoms with Crippen LogP contribution in [-0.2, 0) is 0 Å². The first-order valence-corrected chi connectivity index (χ1v) is 9.04. The fourth-order valence-electron chi connectivity index (χ4n) is 3.74. The number of hydrogen-bond donors (Lipinski definition) is 1. The van der Waals surface area contributed by atoms with Gasteiger partial charge in [0.15, 0.2) is 0 Å². The molecule has 23 heavy (non-hydrogen) atoms. The van der Waals surface area contributed by atoms with E-state index in [0.717, 1.165) is 43.6 Å². The van der Waals surface area contributed by atoms with E-state index in [4.69, 9.17) is 4.74 Å². The molecule has 124 valence electrons. The van der Waals surface area contributed by atoms with Crippen LogP contribution in [-0.4, -0.2) is 29.6 Å². The van der Waals surface area contributed by atoms with E-state index in [-0.39, 0.29) is 12.1 Å². The summed E-state index contributed by atoms with van der Waals surface area (Å²) in [5.41, 5.74) is 1.12. The van der Waals surface area contributed by atoms with Gasteiger partial charge in [0, 0.05) is 17.6 Å². The summed E-state index contributed by atoms with van der Waals surface area (Å²) < 4.78 is 5.81. The van der Waals surface area contributed by atoms with Gasteiger partial charge in [-0.15, -0.1) is 0 Å². The Morgan fingerprint density at radius 1 is 1.22 bits per heavy atom. The van der Waals surface area contributed by atoms with Crippen LogP contribution in [0, 0.1) is 5.92 Å². The van der Waals surface area contributed by atoms with E-state index >= 15 is 0 Å². The van der Waals surface area contributed by atoms with E-state index in [9.17, 15) is 4.79 Å². The molecule has 0 bridgehead atoms. The maximum Gasteiger partial charge on any atom is 0.318 e. The van der Waals surface area contributed by atoms with E-state index < -0.39 is 0 Å². The quantitative estimate of drug-likeness (QED) is 0.916. The maximum atomic E-state index is 13.0. The van der Waals surface area contributed by atoms with Crippen molar-refractivity contribution in [1.29, 1.82) is 0 Å². The molecule has 2 atom stereocenters. The summed E-state index contributed by atoms with van der Waals surface area (Å²) in [6.45, 7) is 2.95. The van der Waals surface area contributed by atoms with Crippen molar-refractivity contribution in [2.75, 3.05) is 6.61 Å². The lowest BCUT2D eigenvalue weighted by Crippen LogP contribution is -2.48. The first kappa shape index (κ1) is 14.9. The third-order valence-electron chi connectivity index (χ3n) is 5.40. The second-order valence-electron chi connectivity index (χ2n) is 7.25. The lowest BCUT2D eigenvalue weighted by Gasteiger charge is -2.31. The molecule has 0 radical (unpaired) electrons. The van der Waals surface area contributed by atoms with E-state index in [0.29, 0.717) is 18.0 Å². The summed E-state index contributed by atoms with van der Waals surface area (Å²) in [6.07, 6.45) is 6.79. The molecule has 0 spiro atoms. The topological polar surface area (TPSA) is 41.6 Å². The average molecular weight is 314 g/mol. The van der Waals surface area contributed by atoms with Crippen molar-refractivity contribution < 1.29 is 9.53 Å². The molecule has 3 aliphatic rings. The van der Waals surface area contributed by atoms with E-state index in [1.165, 1.54) is 12.8 Å². The Labute approximate surface area is 138 Å². The first-order valence-electron chi connectivity index (χ1n) is 9.04. The van der Waals surface area contributed by atoms with Crippen LogP contribution in [0.5, 0.6) is 5.75 Å². The number of nitrogens with zero attached hydrogens (tertiary/aromatic N) is 1. The van der Waals surface area contributed by atoms with Crippen molar-refractivity contribution in [3.05, 3.63) is 29.8 Å². The minimum atomic E-state index is 0.0638. The average Bonchev–Trinajstić information content (AvgIpc) is 3.40. The van der Waals surface area contributed by atoms with Crippen LogP contribution in [0.15, 0.2) is 24.3 Å². The molecule has 2 aliphatic carbocycles. The molecule has 0 unspecified atom stereocenters. The van der Waals surface area contributed by atoms with Crippen molar-refractivity contribution in [3.8, 4) is 5.75 Å². The number of urea groups is 1. The van der Waals surface area contributed by atoms with Crippen molar-refractivity contribution >= 4 is 6.03 Å². The van der Waals surface area contributed by atoms with Gasteiger partial charge in [-0.3, -0.25) is 0 Å². The number of para-hydroxylation sites is 1. The molecule has 0 saturated heterocycles. The number of carbonyl (C=O) groups excluding carboxylic acids is 1. The Bertz CT molecular complexity index is 580. The SMILES string of the molecule is C[C@@H](C1CC1)N(C(=O)N[C@H]1CCCOc2ccccc21)C1CC1. The zero-order valence-corrected chi connectivity index (χ0v) is 13.8. The third-order valence-corrected chi connectivity index (χ3v) is 5.40. The van der Waals surface area contributed by atoms with E-state index in [2.05, 4.69) is 23.2 Å². The number of benzene rings is 1. The largest absolute Gasteiger partial charge is 0.493 e. The highest BCUT2D eigenvalue weighted by molar-refractivity contribution is 5.76. The van der Waals surface area contributed by atoms with Crippen LogP contribution in [0.25, 0.3) is 0 Å². The number of carbonyl (C=O) groups is 1.